The van der Waals surface area contributed by atoms with Crippen LogP contribution in [0.4, 0.5) is 0 Å². The Morgan fingerprint density at radius 1 is 1.13 bits per heavy atom. The van der Waals surface area contributed by atoms with E-state index in [0.717, 1.165) is 6.42 Å². The van der Waals surface area contributed by atoms with Crippen molar-refractivity contribution in [2.75, 3.05) is 0 Å². The predicted octanol–water partition coefficient (Wildman–Crippen LogP) is 4.19. The molecule has 82 valence electrons. The average molecular weight is 225 g/mol. The highest BCUT2D eigenvalue weighted by Gasteiger charge is 2.00. The van der Waals surface area contributed by atoms with Crippen LogP contribution in [0.2, 0.25) is 0 Å². The van der Waals surface area contributed by atoms with Gasteiger partial charge in [-0.1, -0.05) is 38.3 Å². The number of benzene rings is 1. The number of carbonyl (C=O) groups is 1. The van der Waals surface area contributed by atoms with Gasteiger partial charge in [0.2, 0.25) is 0 Å². The van der Waals surface area contributed by atoms with Gasteiger partial charge in [-0.15, -0.1) is 0 Å². The molecule has 0 saturated heterocycles. The summed E-state index contributed by atoms with van der Waals surface area (Å²) in [6.45, 7) is 2.21. The zero-order valence-corrected chi connectivity index (χ0v) is 9.89. The molecule has 0 bridgehead atoms. The van der Waals surface area contributed by atoms with Crippen LogP contribution >= 0.6 is 11.6 Å². The highest BCUT2D eigenvalue weighted by Crippen LogP contribution is 2.10. The van der Waals surface area contributed by atoms with E-state index in [9.17, 15) is 4.79 Å². The summed E-state index contributed by atoms with van der Waals surface area (Å²) in [6.07, 6.45) is 6.17. The first-order valence-electron chi connectivity index (χ1n) is 5.53. The molecule has 0 amide bonds. The van der Waals surface area contributed by atoms with Crippen molar-refractivity contribution in [2.24, 2.45) is 0 Å². The molecular weight excluding hydrogens is 208 g/mol. The van der Waals surface area contributed by atoms with Crippen LogP contribution in [0, 0.1) is 0 Å². The number of carbonyl (C=O) groups excluding carboxylic acids is 1. The molecule has 1 aromatic carbocycles. The van der Waals surface area contributed by atoms with Gasteiger partial charge in [0.05, 0.1) is 0 Å². The fourth-order valence-corrected chi connectivity index (χ4v) is 1.68. The van der Waals surface area contributed by atoms with Gasteiger partial charge in [-0.05, 0) is 42.1 Å². The van der Waals surface area contributed by atoms with E-state index in [2.05, 4.69) is 6.92 Å². The van der Waals surface area contributed by atoms with Crippen molar-refractivity contribution in [2.45, 2.75) is 39.0 Å². The van der Waals surface area contributed by atoms with Gasteiger partial charge in [-0.2, -0.15) is 0 Å². The molecule has 0 atom stereocenters. The first-order valence-corrected chi connectivity index (χ1v) is 5.90. The Labute approximate surface area is 96.5 Å². The molecular formula is C13H17ClO. The molecule has 1 nitrogen and oxygen atoms in total. The molecule has 2 heteroatoms. The van der Waals surface area contributed by atoms with Crippen molar-refractivity contribution in [3.05, 3.63) is 35.4 Å². The first-order chi connectivity index (χ1) is 7.24. The molecule has 0 aromatic heterocycles. The standard InChI is InChI=1S/C13H17ClO/c1-2-3-4-5-6-11-7-9-12(10-8-11)13(14)15/h7-10H,2-6H2,1H3. The lowest BCUT2D eigenvalue weighted by atomic mass is 10.1. The molecule has 1 aromatic rings. The Balaban J connectivity index is 2.39. The highest BCUT2D eigenvalue weighted by atomic mass is 35.5. The van der Waals surface area contributed by atoms with Gasteiger partial charge in [0.1, 0.15) is 0 Å². The van der Waals surface area contributed by atoms with Gasteiger partial charge in [0, 0.05) is 5.56 Å². The van der Waals surface area contributed by atoms with Crippen LogP contribution in [0.15, 0.2) is 24.3 Å². The predicted molar refractivity (Wildman–Crippen MR) is 64.5 cm³/mol. The van der Waals surface area contributed by atoms with Crippen molar-refractivity contribution < 1.29 is 4.79 Å². The van der Waals surface area contributed by atoms with Gasteiger partial charge in [0.25, 0.3) is 5.24 Å². The number of halogens is 1. The van der Waals surface area contributed by atoms with Crippen LogP contribution < -0.4 is 0 Å². The molecule has 0 spiro atoms. The Morgan fingerprint density at radius 3 is 2.33 bits per heavy atom. The smallest absolute Gasteiger partial charge is 0.252 e. The second-order valence-electron chi connectivity index (χ2n) is 3.78. The number of hydrogen-bond acceptors (Lipinski definition) is 1. The third-order valence-electron chi connectivity index (χ3n) is 2.50. The van der Waals surface area contributed by atoms with E-state index in [0.29, 0.717) is 5.56 Å². The highest BCUT2D eigenvalue weighted by molar-refractivity contribution is 6.67. The summed E-state index contributed by atoms with van der Waals surface area (Å²) in [7, 11) is 0. The number of hydrogen-bond donors (Lipinski definition) is 0. The third-order valence-corrected chi connectivity index (χ3v) is 2.72. The second kappa shape index (κ2) is 6.62. The summed E-state index contributed by atoms with van der Waals surface area (Å²) >= 11 is 5.36. The van der Waals surface area contributed by atoms with E-state index in [4.69, 9.17) is 11.6 Å². The molecule has 0 heterocycles. The van der Waals surface area contributed by atoms with Crippen LogP contribution in [-0.2, 0) is 6.42 Å². The molecule has 0 unspecified atom stereocenters. The van der Waals surface area contributed by atoms with Crippen LogP contribution in [0.25, 0.3) is 0 Å². The number of unbranched alkanes of at least 4 members (excludes halogenated alkanes) is 3. The van der Waals surface area contributed by atoms with Crippen molar-refractivity contribution >= 4 is 16.8 Å². The quantitative estimate of drug-likeness (QED) is 0.523. The summed E-state index contributed by atoms with van der Waals surface area (Å²) in [5.41, 5.74) is 1.86. The van der Waals surface area contributed by atoms with E-state index in [1.54, 1.807) is 12.1 Å². The molecule has 0 N–H and O–H groups in total. The Kier molecular flexibility index (Phi) is 5.41. The van der Waals surface area contributed by atoms with Crippen molar-refractivity contribution in [3.8, 4) is 0 Å². The summed E-state index contributed by atoms with van der Waals surface area (Å²) in [5, 5.41) is -0.382. The van der Waals surface area contributed by atoms with E-state index in [-0.39, 0.29) is 5.24 Å². The number of rotatable bonds is 6. The summed E-state index contributed by atoms with van der Waals surface area (Å²) in [6, 6.07) is 7.57. The lowest BCUT2D eigenvalue weighted by molar-refractivity contribution is 0.108. The van der Waals surface area contributed by atoms with Crippen molar-refractivity contribution in [1.82, 2.24) is 0 Å². The van der Waals surface area contributed by atoms with E-state index >= 15 is 0 Å². The molecule has 0 radical (unpaired) electrons. The lowest BCUT2D eigenvalue weighted by Gasteiger charge is -2.01. The Bertz CT molecular complexity index is 303. The Hall–Kier alpha value is -0.820. The van der Waals surface area contributed by atoms with Gasteiger partial charge < -0.3 is 0 Å². The normalized spacial score (nSPS) is 10.3. The lowest BCUT2D eigenvalue weighted by Crippen LogP contribution is -1.90. The summed E-state index contributed by atoms with van der Waals surface area (Å²) in [5.74, 6) is 0. The minimum atomic E-state index is -0.382. The van der Waals surface area contributed by atoms with Crippen molar-refractivity contribution in [1.29, 1.82) is 0 Å². The zero-order chi connectivity index (χ0) is 11.1. The summed E-state index contributed by atoms with van der Waals surface area (Å²) in [4.78, 5) is 10.8. The van der Waals surface area contributed by atoms with Crippen molar-refractivity contribution in [3.63, 3.8) is 0 Å². The molecule has 0 aliphatic heterocycles. The topological polar surface area (TPSA) is 17.1 Å². The van der Waals surface area contributed by atoms with Crippen LogP contribution in [0.1, 0.15) is 48.5 Å². The van der Waals surface area contributed by atoms with Crippen LogP contribution in [0.5, 0.6) is 0 Å². The van der Waals surface area contributed by atoms with Gasteiger partial charge in [-0.3, -0.25) is 4.79 Å². The number of aryl methyl sites for hydroxylation is 1. The fourth-order valence-electron chi connectivity index (χ4n) is 1.56. The molecule has 15 heavy (non-hydrogen) atoms. The van der Waals surface area contributed by atoms with E-state index in [1.807, 2.05) is 12.1 Å². The average Bonchev–Trinajstić information content (AvgIpc) is 2.25. The van der Waals surface area contributed by atoms with Gasteiger partial charge >= 0.3 is 0 Å². The largest absolute Gasteiger partial charge is 0.276 e. The van der Waals surface area contributed by atoms with Gasteiger partial charge in [-0.25, -0.2) is 0 Å². The molecule has 0 saturated carbocycles. The molecule has 1 rings (SSSR count). The van der Waals surface area contributed by atoms with E-state index in [1.165, 1.54) is 31.2 Å². The molecule has 0 aliphatic carbocycles. The molecule has 0 aliphatic rings. The zero-order valence-electron chi connectivity index (χ0n) is 9.13. The fraction of sp³-hybridized carbons (Fsp3) is 0.462. The maximum atomic E-state index is 10.8. The van der Waals surface area contributed by atoms with Gasteiger partial charge in [0.15, 0.2) is 0 Å². The second-order valence-corrected chi connectivity index (χ2v) is 4.12. The first kappa shape index (κ1) is 12.3. The van der Waals surface area contributed by atoms with Crippen LogP contribution in [0.3, 0.4) is 0 Å². The maximum Gasteiger partial charge on any atom is 0.252 e. The minimum Gasteiger partial charge on any atom is -0.276 e. The SMILES string of the molecule is CCCCCCc1ccc(C(=O)Cl)cc1. The Morgan fingerprint density at radius 2 is 1.80 bits per heavy atom. The minimum absolute atomic E-state index is 0.382. The third kappa shape index (κ3) is 4.48. The molecule has 0 fully saturated rings. The summed E-state index contributed by atoms with van der Waals surface area (Å²) < 4.78 is 0. The maximum absolute atomic E-state index is 10.8. The van der Waals surface area contributed by atoms with E-state index < -0.39 is 0 Å². The van der Waals surface area contributed by atoms with Crippen LogP contribution in [-0.4, -0.2) is 5.24 Å². The monoisotopic (exact) mass is 224 g/mol.